The molecule has 5 heteroatoms. The maximum Gasteiger partial charge on any atom is 0.251 e. The van der Waals surface area contributed by atoms with Crippen molar-refractivity contribution in [1.29, 1.82) is 0 Å². The van der Waals surface area contributed by atoms with E-state index < -0.39 is 0 Å². The lowest BCUT2D eigenvalue weighted by Crippen LogP contribution is -2.33. The fraction of sp³-hybridized carbons (Fsp3) is 0.529. The van der Waals surface area contributed by atoms with Crippen molar-refractivity contribution in [2.45, 2.75) is 46.1 Å². The van der Waals surface area contributed by atoms with Crippen LogP contribution in [0.25, 0.3) is 0 Å². The number of hydrogen-bond donors (Lipinski definition) is 3. The van der Waals surface area contributed by atoms with E-state index in [2.05, 4.69) is 29.8 Å². The molecule has 1 aromatic carbocycles. The van der Waals surface area contributed by atoms with E-state index >= 15 is 0 Å². The van der Waals surface area contributed by atoms with Crippen LogP contribution in [-0.4, -0.2) is 30.9 Å². The summed E-state index contributed by atoms with van der Waals surface area (Å²) in [4.78, 5) is 23.6. The van der Waals surface area contributed by atoms with Gasteiger partial charge in [-0.25, -0.2) is 0 Å². The third-order valence-electron chi connectivity index (χ3n) is 3.47. The Labute approximate surface area is 132 Å². The number of anilines is 1. The first-order valence-electron chi connectivity index (χ1n) is 7.98. The number of benzene rings is 1. The third-order valence-corrected chi connectivity index (χ3v) is 3.47. The summed E-state index contributed by atoms with van der Waals surface area (Å²) < 4.78 is 0. The highest BCUT2D eigenvalue weighted by Gasteiger charge is 2.07. The Bertz CT molecular complexity index is 471. The number of nitrogens with one attached hydrogen (secondary N) is 3. The number of unbranched alkanes of at least 4 members (excludes halogenated alkanes) is 1. The van der Waals surface area contributed by atoms with Crippen LogP contribution in [-0.2, 0) is 4.79 Å². The molecule has 1 unspecified atom stereocenters. The van der Waals surface area contributed by atoms with Gasteiger partial charge in [-0.15, -0.1) is 0 Å². The molecule has 0 heterocycles. The van der Waals surface area contributed by atoms with Gasteiger partial charge < -0.3 is 16.0 Å². The largest absolute Gasteiger partial charge is 0.352 e. The normalized spacial score (nSPS) is 11.8. The maximum atomic E-state index is 11.9. The van der Waals surface area contributed by atoms with Crippen molar-refractivity contribution in [1.82, 2.24) is 10.6 Å². The van der Waals surface area contributed by atoms with Gasteiger partial charge in [-0.1, -0.05) is 20.3 Å². The summed E-state index contributed by atoms with van der Waals surface area (Å²) in [7, 11) is 0. The molecular formula is C17H27N3O2. The average molecular weight is 305 g/mol. The molecule has 122 valence electrons. The van der Waals surface area contributed by atoms with E-state index in [4.69, 9.17) is 0 Å². The highest BCUT2D eigenvalue weighted by Crippen LogP contribution is 2.09. The molecule has 22 heavy (non-hydrogen) atoms. The van der Waals surface area contributed by atoms with Gasteiger partial charge in [0.05, 0.1) is 6.54 Å². The molecular weight excluding hydrogens is 278 g/mol. The van der Waals surface area contributed by atoms with Gasteiger partial charge in [0.2, 0.25) is 5.91 Å². The topological polar surface area (TPSA) is 70.2 Å². The molecule has 2 amide bonds. The second-order valence-corrected chi connectivity index (χ2v) is 5.43. The molecule has 1 aromatic rings. The van der Waals surface area contributed by atoms with Crippen LogP contribution in [0.5, 0.6) is 0 Å². The summed E-state index contributed by atoms with van der Waals surface area (Å²) in [6, 6.07) is 7.25. The molecule has 0 radical (unpaired) electrons. The first kappa shape index (κ1) is 18.2. The Morgan fingerprint density at radius 3 is 2.41 bits per heavy atom. The van der Waals surface area contributed by atoms with Crippen molar-refractivity contribution in [3.63, 3.8) is 0 Å². The van der Waals surface area contributed by atoms with Gasteiger partial charge in [-0.2, -0.15) is 0 Å². The van der Waals surface area contributed by atoms with Crippen LogP contribution in [0.4, 0.5) is 5.69 Å². The second-order valence-electron chi connectivity index (χ2n) is 5.43. The van der Waals surface area contributed by atoms with Crippen molar-refractivity contribution < 1.29 is 9.59 Å². The van der Waals surface area contributed by atoms with E-state index in [1.54, 1.807) is 24.3 Å². The number of amides is 2. The van der Waals surface area contributed by atoms with E-state index in [1.807, 2.05) is 6.92 Å². The van der Waals surface area contributed by atoms with Crippen LogP contribution in [0.2, 0.25) is 0 Å². The minimum atomic E-state index is -0.0829. The van der Waals surface area contributed by atoms with E-state index in [1.165, 1.54) is 0 Å². The molecule has 0 aliphatic heterocycles. The molecule has 0 saturated heterocycles. The van der Waals surface area contributed by atoms with E-state index in [9.17, 15) is 9.59 Å². The molecule has 0 aliphatic carbocycles. The summed E-state index contributed by atoms with van der Waals surface area (Å²) >= 11 is 0. The van der Waals surface area contributed by atoms with Crippen LogP contribution in [0, 0.1) is 0 Å². The van der Waals surface area contributed by atoms with Crippen LogP contribution in [0.1, 0.15) is 50.4 Å². The van der Waals surface area contributed by atoms with Gasteiger partial charge in [0, 0.05) is 23.8 Å². The molecule has 0 fully saturated rings. The van der Waals surface area contributed by atoms with Crippen LogP contribution in [0.3, 0.4) is 0 Å². The minimum Gasteiger partial charge on any atom is -0.352 e. The Hall–Kier alpha value is -1.88. The van der Waals surface area contributed by atoms with Gasteiger partial charge in [0.1, 0.15) is 0 Å². The molecule has 3 N–H and O–H groups in total. The van der Waals surface area contributed by atoms with Crippen molar-refractivity contribution >= 4 is 17.5 Å². The molecule has 0 saturated carbocycles. The predicted octanol–water partition coefficient (Wildman–Crippen LogP) is 2.54. The van der Waals surface area contributed by atoms with Gasteiger partial charge in [0.15, 0.2) is 0 Å². The fourth-order valence-electron chi connectivity index (χ4n) is 1.80. The first-order valence-corrected chi connectivity index (χ1v) is 7.98. The summed E-state index contributed by atoms with van der Waals surface area (Å²) in [5, 5.41) is 8.80. The summed E-state index contributed by atoms with van der Waals surface area (Å²) in [5.41, 5.74) is 1.30. The van der Waals surface area contributed by atoms with Gasteiger partial charge in [0.25, 0.3) is 5.91 Å². The Balaban J connectivity index is 2.44. The van der Waals surface area contributed by atoms with Gasteiger partial charge >= 0.3 is 0 Å². The highest BCUT2D eigenvalue weighted by atomic mass is 16.2. The number of hydrogen-bond acceptors (Lipinski definition) is 3. The molecule has 5 nitrogen and oxygen atoms in total. The summed E-state index contributed by atoms with van der Waals surface area (Å²) in [5.74, 6) is -0.162. The molecule has 1 atom stereocenters. The number of carbonyl (C=O) groups excluding carboxylic acids is 2. The summed E-state index contributed by atoms with van der Waals surface area (Å²) in [6.45, 7) is 7.17. The Morgan fingerprint density at radius 2 is 1.82 bits per heavy atom. The third kappa shape index (κ3) is 6.72. The van der Waals surface area contributed by atoms with E-state index in [0.717, 1.165) is 19.3 Å². The number of rotatable bonds is 9. The molecule has 0 aromatic heterocycles. The number of carbonyl (C=O) groups is 2. The lowest BCUT2D eigenvalue weighted by Gasteiger charge is -2.11. The Morgan fingerprint density at radius 1 is 1.14 bits per heavy atom. The SMILES string of the molecule is CCCCNC(=O)c1ccc(NC(=O)CNC(C)CC)cc1. The predicted molar refractivity (Wildman–Crippen MR) is 90.1 cm³/mol. The van der Waals surface area contributed by atoms with Crippen molar-refractivity contribution in [3.8, 4) is 0 Å². The minimum absolute atomic E-state index is 0.0789. The molecule has 0 bridgehead atoms. The molecule has 1 rings (SSSR count). The van der Waals surface area contributed by atoms with Crippen molar-refractivity contribution in [3.05, 3.63) is 29.8 Å². The van der Waals surface area contributed by atoms with Crippen LogP contribution >= 0.6 is 0 Å². The zero-order chi connectivity index (χ0) is 16.4. The van der Waals surface area contributed by atoms with Crippen LogP contribution < -0.4 is 16.0 Å². The Kier molecular flexibility index (Phi) is 8.22. The van der Waals surface area contributed by atoms with Gasteiger partial charge in [-0.05, 0) is 44.0 Å². The zero-order valence-electron chi connectivity index (χ0n) is 13.7. The maximum absolute atomic E-state index is 11.9. The molecule has 0 spiro atoms. The highest BCUT2D eigenvalue weighted by molar-refractivity contribution is 5.96. The lowest BCUT2D eigenvalue weighted by molar-refractivity contribution is -0.115. The van der Waals surface area contributed by atoms with Gasteiger partial charge in [-0.3, -0.25) is 9.59 Å². The van der Waals surface area contributed by atoms with E-state index in [0.29, 0.717) is 23.8 Å². The van der Waals surface area contributed by atoms with Crippen molar-refractivity contribution in [2.24, 2.45) is 0 Å². The average Bonchev–Trinajstić information content (AvgIpc) is 2.53. The zero-order valence-corrected chi connectivity index (χ0v) is 13.7. The first-order chi connectivity index (χ1) is 10.6. The van der Waals surface area contributed by atoms with E-state index in [-0.39, 0.29) is 18.4 Å². The second kappa shape index (κ2) is 9.95. The van der Waals surface area contributed by atoms with Crippen molar-refractivity contribution in [2.75, 3.05) is 18.4 Å². The summed E-state index contributed by atoms with van der Waals surface area (Å²) in [6.07, 6.45) is 3.01. The monoisotopic (exact) mass is 305 g/mol. The standard InChI is InChI=1S/C17H27N3O2/c1-4-6-11-18-17(22)14-7-9-15(10-8-14)20-16(21)12-19-13(3)5-2/h7-10,13,19H,4-6,11-12H2,1-3H3,(H,18,22)(H,20,21). The van der Waals surface area contributed by atoms with Crippen LogP contribution in [0.15, 0.2) is 24.3 Å². The quantitative estimate of drug-likeness (QED) is 0.614. The smallest absolute Gasteiger partial charge is 0.251 e. The molecule has 0 aliphatic rings. The fourth-order valence-corrected chi connectivity index (χ4v) is 1.80. The lowest BCUT2D eigenvalue weighted by atomic mass is 10.2.